The van der Waals surface area contributed by atoms with Crippen molar-refractivity contribution in [1.82, 2.24) is 0 Å². The number of rotatable bonds is 8. The summed E-state index contributed by atoms with van der Waals surface area (Å²) in [5.41, 5.74) is 0. The van der Waals surface area contributed by atoms with E-state index in [1.807, 2.05) is 0 Å². The number of hydrogen-bond donors (Lipinski definition) is 2. The molecule has 0 aromatic heterocycles. The van der Waals surface area contributed by atoms with Gasteiger partial charge in [0, 0.05) is 0 Å². The van der Waals surface area contributed by atoms with Crippen molar-refractivity contribution in [3.63, 3.8) is 0 Å². The SMILES string of the molecule is CCCCCCCC(O)CS(=O)(=O)O. The predicted octanol–water partition coefficient (Wildman–Crippen LogP) is 1.60. The number of aliphatic hydroxyl groups excluding tert-OH is 1. The summed E-state index contributed by atoms with van der Waals surface area (Å²) in [7, 11) is -4.02. The summed E-state index contributed by atoms with van der Waals surface area (Å²) in [5, 5.41) is 9.20. The smallest absolute Gasteiger partial charge is 0.267 e. The van der Waals surface area contributed by atoms with E-state index in [2.05, 4.69) is 6.92 Å². The number of unbranched alkanes of at least 4 members (excludes halogenated alkanes) is 4. The summed E-state index contributed by atoms with van der Waals surface area (Å²) in [5.74, 6) is -0.541. The molecule has 1 unspecified atom stereocenters. The quantitative estimate of drug-likeness (QED) is 0.485. The first kappa shape index (κ1) is 13.9. The lowest BCUT2D eigenvalue weighted by Gasteiger charge is -2.07. The van der Waals surface area contributed by atoms with Crippen LogP contribution in [0.15, 0.2) is 0 Å². The molecule has 0 bridgehead atoms. The van der Waals surface area contributed by atoms with Gasteiger partial charge < -0.3 is 5.11 Å². The van der Waals surface area contributed by atoms with Crippen molar-refractivity contribution in [2.24, 2.45) is 0 Å². The van der Waals surface area contributed by atoms with Crippen LogP contribution < -0.4 is 0 Å². The molecule has 0 rings (SSSR count). The van der Waals surface area contributed by atoms with Crippen molar-refractivity contribution >= 4 is 10.1 Å². The Hall–Kier alpha value is -0.130. The molecule has 0 aliphatic rings. The Kier molecular flexibility index (Phi) is 7.13. The van der Waals surface area contributed by atoms with Crippen LogP contribution in [0.3, 0.4) is 0 Å². The van der Waals surface area contributed by atoms with E-state index in [0.717, 1.165) is 25.7 Å². The molecule has 0 saturated heterocycles. The van der Waals surface area contributed by atoms with Crippen LogP contribution in [0, 0.1) is 0 Å². The highest BCUT2D eigenvalue weighted by Crippen LogP contribution is 2.08. The van der Waals surface area contributed by atoms with Crippen molar-refractivity contribution in [3.8, 4) is 0 Å². The molecule has 4 nitrogen and oxygen atoms in total. The normalized spacial score (nSPS) is 14.2. The molecule has 0 aromatic rings. The Balaban J connectivity index is 3.41. The molecule has 0 spiro atoms. The zero-order valence-corrected chi connectivity index (χ0v) is 9.46. The second kappa shape index (κ2) is 7.20. The summed E-state index contributed by atoms with van der Waals surface area (Å²) < 4.78 is 29.2. The van der Waals surface area contributed by atoms with Crippen molar-refractivity contribution in [2.45, 2.75) is 51.6 Å². The average Bonchev–Trinajstić information content (AvgIpc) is 2.00. The number of aliphatic hydroxyl groups is 1. The van der Waals surface area contributed by atoms with Crippen molar-refractivity contribution in [3.05, 3.63) is 0 Å². The van der Waals surface area contributed by atoms with Crippen LogP contribution in [0.5, 0.6) is 0 Å². The van der Waals surface area contributed by atoms with Gasteiger partial charge in [-0.2, -0.15) is 8.42 Å². The predicted molar refractivity (Wildman–Crippen MR) is 55.8 cm³/mol. The molecule has 2 N–H and O–H groups in total. The molecule has 1 atom stereocenters. The van der Waals surface area contributed by atoms with Gasteiger partial charge in [0.25, 0.3) is 10.1 Å². The minimum absolute atomic E-state index is 0.448. The molecule has 0 aliphatic carbocycles. The Bertz CT molecular complexity index is 223. The van der Waals surface area contributed by atoms with Crippen molar-refractivity contribution in [2.75, 3.05) is 5.75 Å². The molecular formula is C9H20O4S. The molecule has 0 radical (unpaired) electrons. The van der Waals surface area contributed by atoms with Gasteiger partial charge in [-0.15, -0.1) is 0 Å². The van der Waals surface area contributed by atoms with Crippen LogP contribution in [0.1, 0.15) is 45.4 Å². The Morgan fingerprint density at radius 3 is 2.21 bits per heavy atom. The van der Waals surface area contributed by atoms with Gasteiger partial charge in [-0.1, -0.05) is 39.0 Å². The third kappa shape index (κ3) is 9.95. The van der Waals surface area contributed by atoms with E-state index < -0.39 is 22.0 Å². The summed E-state index contributed by atoms with van der Waals surface area (Å²) in [6, 6.07) is 0. The molecular weight excluding hydrogens is 204 g/mol. The molecule has 14 heavy (non-hydrogen) atoms. The summed E-state index contributed by atoms with van der Waals surface area (Å²) >= 11 is 0. The first-order valence-electron chi connectivity index (χ1n) is 5.09. The Morgan fingerprint density at radius 1 is 1.14 bits per heavy atom. The fourth-order valence-corrected chi connectivity index (χ4v) is 1.96. The monoisotopic (exact) mass is 224 g/mol. The fraction of sp³-hybridized carbons (Fsp3) is 1.00. The van der Waals surface area contributed by atoms with Gasteiger partial charge in [0.2, 0.25) is 0 Å². The third-order valence-corrected chi connectivity index (χ3v) is 2.85. The van der Waals surface area contributed by atoms with E-state index in [4.69, 9.17) is 4.55 Å². The highest BCUT2D eigenvalue weighted by molar-refractivity contribution is 7.85. The highest BCUT2D eigenvalue weighted by Gasteiger charge is 2.13. The van der Waals surface area contributed by atoms with Gasteiger partial charge in [0.1, 0.15) is 5.75 Å². The summed E-state index contributed by atoms with van der Waals surface area (Å²) in [6.07, 6.45) is 4.81. The molecule has 0 aliphatic heterocycles. The lowest BCUT2D eigenvalue weighted by Crippen LogP contribution is -2.19. The molecule has 0 amide bonds. The minimum Gasteiger partial charge on any atom is -0.392 e. The average molecular weight is 224 g/mol. The first-order valence-corrected chi connectivity index (χ1v) is 6.70. The van der Waals surface area contributed by atoms with E-state index in [1.165, 1.54) is 6.42 Å². The third-order valence-electron chi connectivity index (χ3n) is 2.04. The van der Waals surface area contributed by atoms with Crippen molar-refractivity contribution in [1.29, 1.82) is 0 Å². The van der Waals surface area contributed by atoms with Crippen LogP contribution in [0.2, 0.25) is 0 Å². The fourth-order valence-electron chi connectivity index (χ4n) is 1.31. The molecule has 0 saturated carbocycles. The largest absolute Gasteiger partial charge is 0.392 e. The summed E-state index contributed by atoms with van der Waals surface area (Å²) in [6.45, 7) is 2.12. The van der Waals surface area contributed by atoms with Crippen LogP contribution >= 0.6 is 0 Å². The van der Waals surface area contributed by atoms with Gasteiger partial charge in [0.05, 0.1) is 6.10 Å². The van der Waals surface area contributed by atoms with E-state index in [-0.39, 0.29) is 0 Å². The molecule has 0 fully saturated rings. The Labute approximate surface area is 86.1 Å². The van der Waals surface area contributed by atoms with Gasteiger partial charge >= 0.3 is 0 Å². The lowest BCUT2D eigenvalue weighted by molar-refractivity contribution is 0.180. The molecule has 5 heteroatoms. The topological polar surface area (TPSA) is 74.6 Å². The highest BCUT2D eigenvalue weighted by atomic mass is 32.2. The van der Waals surface area contributed by atoms with Gasteiger partial charge in [-0.05, 0) is 6.42 Å². The minimum atomic E-state index is -4.02. The van der Waals surface area contributed by atoms with Crippen LogP contribution in [0.4, 0.5) is 0 Å². The van der Waals surface area contributed by atoms with Crippen LogP contribution in [-0.2, 0) is 10.1 Å². The zero-order valence-electron chi connectivity index (χ0n) is 8.65. The first-order chi connectivity index (χ1) is 6.45. The maximum Gasteiger partial charge on any atom is 0.267 e. The van der Waals surface area contributed by atoms with Crippen LogP contribution in [0.25, 0.3) is 0 Å². The van der Waals surface area contributed by atoms with E-state index in [9.17, 15) is 13.5 Å². The standard InChI is InChI=1S/C9H20O4S/c1-2-3-4-5-6-7-9(10)8-14(11,12)13/h9-10H,2-8H2,1H3,(H,11,12,13). The lowest BCUT2D eigenvalue weighted by atomic mass is 10.1. The molecule has 0 aromatic carbocycles. The van der Waals surface area contributed by atoms with E-state index in [0.29, 0.717) is 6.42 Å². The zero-order chi connectivity index (χ0) is 11.0. The Morgan fingerprint density at radius 2 is 1.71 bits per heavy atom. The molecule has 86 valence electrons. The second-order valence-electron chi connectivity index (χ2n) is 3.61. The maximum absolute atomic E-state index is 10.4. The number of hydrogen-bond acceptors (Lipinski definition) is 3. The van der Waals surface area contributed by atoms with Gasteiger partial charge in [-0.3, -0.25) is 4.55 Å². The maximum atomic E-state index is 10.4. The van der Waals surface area contributed by atoms with Crippen LogP contribution in [-0.4, -0.2) is 29.9 Å². The summed E-state index contributed by atoms with van der Waals surface area (Å²) in [4.78, 5) is 0. The van der Waals surface area contributed by atoms with Gasteiger partial charge in [0.15, 0.2) is 0 Å². The van der Waals surface area contributed by atoms with Crippen molar-refractivity contribution < 1.29 is 18.1 Å². The molecule has 0 heterocycles. The van der Waals surface area contributed by atoms with E-state index >= 15 is 0 Å². The van der Waals surface area contributed by atoms with E-state index in [1.54, 1.807) is 0 Å². The second-order valence-corrected chi connectivity index (χ2v) is 5.10. The van der Waals surface area contributed by atoms with Gasteiger partial charge in [-0.25, -0.2) is 0 Å².